The van der Waals surface area contributed by atoms with E-state index in [0.29, 0.717) is 5.56 Å². The second-order valence-electron chi connectivity index (χ2n) is 5.15. The van der Waals surface area contributed by atoms with Crippen molar-refractivity contribution in [2.75, 3.05) is 6.54 Å². The van der Waals surface area contributed by atoms with E-state index in [0.717, 1.165) is 0 Å². The molecule has 1 aromatic rings. The molecule has 0 aliphatic rings. The van der Waals surface area contributed by atoms with E-state index in [1.165, 1.54) is 6.07 Å². The minimum absolute atomic E-state index is 0.0160. The highest BCUT2D eigenvalue weighted by Gasteiger charge is 2.18. The number of carbonyl (C=O) groups excluding carboxylic acids is 2. The number of carbonyl (C=O) groups is 2. The van der Waals surface area contributed by atoms with Crippen LogP contribution in [0.5, 0.6) is 0 Å². The molecule has 0 fully saturated rings. The lowest BCUT2D eigenvalue weighted by atomic mass is 10.1. The fourth-order valence-corrected chi connectivity index (χ4v) is 1.68. The van der Waals surface area contributed by atoms with Crippen LogP contribution in [0.1, 0.15) is 19.4 Å². The first-order valence-electron chi connectivity index (χ1n) is 6.85. The maximum atomic E-state index is 11.7. The molecule has 22 heavy (non-hydrogen) atoms. The molecule has 4 N–H and O–H groups in total. The second-order valence-corrected chi connectivity index (χ2v) is 5.15. The Morgan fingerprint density at radius 2 is 1.91 bits per heavy atom. The Labute approximate surface area is 128 Å². The van der Waals surface area contributed by atoms with Gasteiger partial charge in [0.25, 0.3) is 5.69 Å². The summed E-state index contributed by atoms with van der Waals surface area (Å²) in [5.41, 5.74) is 5.98. The molecule has 0 bridgehead atoms. The predicted octanol–water partition coefficient (Wildman–Crippen LogP) is 0.311. The highest BCUT2D eigenvalue weighted by atomic mass is 16.6. The number of nitrogens with zero attached hydrogens (tertiary/aromatic N) is 1. The monoisotopic (exact) mass is 308 g/mol. The van der Waals surface area contributed by atoms with Gasteiger partial charge in [0.1, 0.15) is 0 Å². The van der Waals surface area contributed by atoms with E-state index in [9.17, 15) is 19.7 Å². The van der Waals surface area contributed by atoms with Crippen molar-refractivity contribution >= 4 is 17.5 Å². The molecule has 0 unspecified atom stereocenters. The first-order chi connectivity index (χ1) is 10.3. The summed E-state index contributed by atoms with van der Waals surface area (Å²) < 4.78 is 0. The molecule has 2 amide bonds. The third kappa shape index (κ3) is 5.13. The first kappa shape index (κ1) is 17.6. The van der Waals surface area contributed by atoms with Gasteiger partial charge in [-0.1, -0.05) is 32.0 Å². The van der Waals surface area contributed by atoms with Crippen molar-refractivity contribution in [1.29, 1.82) is 0 Å². The van der Waals surface area contributed by atoms with Crippen LogP contribution >= 0.6 is 0 Å². The van der Waals surface area contributed by atoms with E-state index in [-0.39, 0.29) is 24.7 Å². The fourth-order valence-electron chi connectivity index (χ4n) is 1.68. The maximum Gasteiger partial charge on any atom is 0.274 e. The van der Waals surface area contributed by atoms with Crippen LogP contribution in [0.4, 0.5) is 5.69 Å². The molecule has 0 saturated carbocycles. The van der Waals surface area contributed by atoms with Crippen molar-refractivity contribution in [3.8, 4) is 0 Å². The molecule has 1 aromatic carbocycles. The van der Waals surface area contributed by atoms with Gasteiger partial charge in [-0.15, -0.1) is 0 Å². The maximum absolute atomic E-state index is 11.7. The Bertz CT molecular complexity index is 560. The van der Waals surface area contributed by atoms with Gasteiger partial charge in [0.15, 0.2) is 0 Å². The lowest BCUT2D eigenvalue weighted by molar-refractivity contribution is -0.385. The minimum atomic E-state index is -0.678. The second kappa shape index (κ2) is 8.08. The Balaban J connectivity index is 2.48. The van der Waals surface area contributed by atoms with Crippen LogP contribution in [0.25, 0.3) is 0 Å². The average molecular weight is 308 g/mol. The summed E-state index contributed by atoms with van der Waals surface area (Å²) in [5, 5.41) is 15.8. The Morgan fingerprint density at radius 3 is 2.50 bits per heavy atom. The summed E-state index contributed by atoms with van der Waals surface area (Å²) in [4.78, 5) is 33.6. The van der Waals surface area contributed by atoms with E-state index < -0.39 is 22.8 Å². The number of benzene rings is 1. The Morgan fingerprint density at radius 1 is 1.27 bits per heavy atom. The summed E-state index contributed by atoms with van der Waals surface area (Å²) in [5.74, 6) is -0.881. The fraction of sp³-hybridized carbons (Fsp3) is 0.429. The van der Waals surface area contributed by atoms with E-state index in [1.807, 2.05) is 0 Å². The third-order valence-electron chi connectivity index (χ3n) is 3.11. The van der Waals surface area contributed by atoms with E-state index in [2.05, 4.69) is 10.6 Å². The van der Waals surface area contributed by atoms with Gasteiger partial charge in [-0.2, -0.15) is 0 Å². The molecule has 0 radical (unpaired) electrons. The van der Waals surface area contributed by atoms with Crippen molar-refractivity contribution in [1.82, 2.24) is 10.6 Å². The van der Waals surface area contributed by atoms with Crippen LogP contribution in [-0.4, -0.2) is 29.3 Å². The lowest BCUT2D eigenvalue weighted by Gasteiger charge is -2.15. The molecule has 0 saturated heterocycles. The minimum Gasteiger partial charge on any atom is -0.350 e. The molecule has 0 heterocycles. The zero-order chi connectivity index (χ0) is 16.7. The van der Waals surface area contributed by atoms with Crippen molar-refractivity contribution in [2.45, 2.75) is 26.4 Å². The molecule has 1 atom stereocenters. The molecule has 0 aliphatic carbocycles. The molecular formula is C14H20N4O4. The molecule has 8 heteroatoms. The summed E-state index contributed by atoms with van der Waals surface area (Å²) >= 11 is 0. The quantitative estimate of drug-likeness (QED) is 0.493. The molecular weight excluding hydrogens is 288 g/mol. The molecule has 8 nitrogen and oxygen atoms in total. The topological polar surface area (TPSA) is 127 Å². The smallest absolute Gasteiger partial charge is 0.274 e. The van der Waals surface area contributed by atoms with Gasteiger partial charge < -0.3 is 16.4 Å². The van der Waals surface area contributed by atoms with Gasteiger partial charge in [-0.25, -0.2) is 0 Å². The van der Waals surface area contributed by atoms with Crippen LogP contribution in [0.2, 0.25) is 0 Å². The zero-order valence-corrected chi connectivity index (χ0v) is 12.5. The highest BCUT2D eigenvalue weighted by molar-refractivity contribution is 5.87. The molecule has 1 rings (SSSR count). The van der Waals surface area contributed by atoms with Crippen LogP contribution in [0.3, 0.4) is 0 Å². The van der Waals surface area contributed by atoms with E-state index in [1.54, 1.807) is 32.0 Å². The van der Waals surface area contributed by atoms with Gasteiger partial charge in [-0.3, -0.25) is 19.7 Å². The average Bonchev–Trinajstić information content (AvgIpc) is 2.49. The number of amides is 2. The van der Waals surface area contributed by atoms with Crippen molar-refractivity contribution < 1.29 is 14.5 Å². The number of hydrogen-bond donors (Lipinski definition) is 3. The van der Waals surface area contributed by atoms with Gasteiger partial charge in [0.05, 0.1) is 17.5 Å². The normalized spacial score (nSPS) is 11.8. The van der Waals surface area contributed by atoms with Gasteiger partial charge in [0, 0.05) is 18.2 Å². The summed E-state index contributed by atoms with van der Waals surface area (Å²) in [6.07, 6.45) is 0. The number of para-hydroxylation sites is 1. The van der Waals surface area contributed by atoms with Crippen LogP contribution in [0, 0.1) is 16.0 Å². The number of rotatable bonds is 7. The van der Waals surface area contributed by atoms with Crippen LogP contribution in [-0.2, 0) is 16.1 Å². The predicted molar refractivity (Wildman–Crippen MR) is 80.8 cm³/mol. The Hall–Kier alpha value is -2.48. The van der Waals surface area contributed by atoms with Crippen molar-refractivity contribution in [2.24, 2.45) is 11.7 Å². The van der Waals surface area contributed by atoms with Gasteiger partial charge in [-0.05, 0) is 5.92 Å². The van der Waals surface area contributed by atoms with Gasteiger partial charge >= 0.3 is 0 Å². The number of nitro benzene ring substituents is 1. The molecule has 0 aliphatic heterocycles. The largest absolute Gasteiger partial charge is 0.350 e. The van der Waals surface area contributed by atoms with Crippen LogP contribution in [0.15, 0.2) is 24.3 Å². The number of nitrogens with two attached hydrogens (primary N) is 1. The number of nitrogens with one attached hydrogen (secondary N) is 2. The molecule has 0 spiro atoms. The SMILES string of the molecule is CC(C)[C@H](N)C(=O)NCC(=O)NCc1ccccc1[N+](=O)[O-]. The van der Waals surface area contributed by atoms with Gasteiger partial charge in [0.2, 0.25) is 11.8 Å². The first-order valence-corrected chi connectivity index (χ1v) is 6.85. The number of nitro groups is 1. The van der Waals surface area contributed by atoms with E-state index in [4.69, 9.17) is 5.73 Å². The molecule has 0 aromatic heterocycles. The Kier molecular flexibility index (Phi) is 6.46. The molecule has 120 valence electrons. The summed E-state index contributed by atoms with van der Waals surface area (Å²) in [7, 11) is 0. The third-order valence-corrected chi connectivity index (χ3v) is 3.11. The van der Waals surface area contributed by atoms with Crippen molar-refractivity contribution in [3.63, 3.8) is 0 Å². The van der Waals surface area contributed by atoms with E-state index >= 15 is 0 Å². The lowest BCUT2D eigenvalue weighted by Crippen LogP contribution is -2.47. The van der Waals surface area contributed by atoms with Crippen LogP contribution < -0.4 is 16.4 Å². The zero-order valence-electron chi connectivity index (χ0n) is 12.5. The number of hydrogen-bond acceptors (Lipinski definition) is 5. The van der Waals surface area contributed by atoms with Crippen molar-refractivity contribution in [3.05, 3.63) is 39.9 Å². The summed E-state index contributed by atoms with van der Waals surface area (Å²) in [6, 6.07) is 5.45. The summed E-state index contributed by atoms with van der Waals surface area (Å²) in [6.45, 7) is 3.40. The standard InChI is InChI=1S/C14H20N4O4/c1-9(2)13(15)14(20)17-8-12(19)16-7-10-5-3-4-6-11(10)18(21)22/h3-6,9,13H,7-8,15H2,1-2H3,(H,16,19)(H,17,20)/t13-/m0/s1. The highest BCUT2D eigenvalue weighted by Crippen LogP contribution is 2.16.